The summed E-state index contributed by atoms with van der Waals surface area (Å²) in [6.45, 7) is 0. The highest BCUT2D eigenvalue weighted by atomic mass is 35.6. The number of hydrogen-bond donors (Lipinski definition) is 2. The van der Waals surface area contributed by atoms with Crippen LogP contribution in [0.2, 0.25) is 20.1 Å². The maximum Gasteiger partial charge on any atom is 0.254 e. The van der Waals surface area contributed by atoms with Crippen molar-refractivity contribution in [2.45, 2.75) is 9.96 Å². The third-order valence-electron chi connectivity index (χ3n) is 3.02. The Kier molecular flexibility index (Phi) is 7.26. The fraction of sp³-hybridized carbons (Fsp3) is 0.133. The molecule has 2 aromatic rings. The third kappa shape index (κ3) is 5.61. The molecule has 2 rings (SSSR count). The van der Waals surface area contributed by atoms with Gasteiger partial charge in [-0.25, -0.2) is 0 Å². The van der Waals surface area contributed by atoms with E-state index in [-0.39, 0.29) is 26.3 Å². The number of alkyl halides is 3. The first-order valence-electron chi connectivity index (χ1n) is 6.63. The van der Waals surface area contributed by atoms with Gasteiger partial charge >= 0.3 is 0 Å². The van der Waals surface area contributed by atoms with Crippen molar-refractivity contribution >= 4 is 92.8 Å². The maximum absolute atomic E-state index is 12.4. The largest absolute Gasteiger partial charge is 0.359 e. The smallest absolute Gasteiger partial charge is 0.254 e. The average Bonchev–Trinajstić information content (AvgIpc) is 2.48. The number of anilines is 1. The number of amides is 1. The summed E-state index contributed by atoms with van der Waals surface area (Å²) < 4.78 is -1.91. The van der Waals surface area contributed by atoms with Crippen LogP contribution in [0.1, 0.15) is 10.4 Å². The summed E-state index contributed by atoms with van der Waals surface area (Å²) in [5, 5.41) is 6.35. The second-order valence-corrected chi connectivity index (χ2v) is 8.84. The summed E-state index contributed by atoms with van der Waals surface area (Å²) in [5.74, 6) is -0.546. The predicted molar refractivity (Wildman–Crippen MR) is 108 cm³/mol. The first-order chi connectivity index (χ1) is 11.6. The zero-order valence-corrected chi connectivity index (χ0v) is 17.4. The third-order valence-corrected chi connectivity index (χ3v) is 4.82. The highest BCUT2D eigenvalue weighted by molar-refractivity contribution is 6.68. The van der Waals surface area contributed by atoms with Gasteiger partial charge in [0.25, 0.3) is 5.91 Å². The molecule has 3 nitrogen and oxygen atoms in total. The lowest BCUT2D eigenvalue weighted by atomic mass is 10.2. The van der Waals surface area contributed by atoms with Crippen molar-refractivity contribution in [1.82, 2.24) is 5.32 Å². The summed E-state index contributed by atoms with van der Waals surface area (Å²) in [7, 11) is 0. The molecule has 0 spiro atoms. The number of carbonyl (C=O) groups is 1. The van der Waals surface area contributed by atoms with E-state index >= 15 is 0 Å². The Morgan fingerprint density at radius 3 is 2.00 bits per heavy atom. The highest BCUT2D eigenvalue weighted by Crippen LogP contribution is 2.37. The second-order valence-electron chi connectivity index (χ2n) is 4.82. The quantitative estimate of drug-likeness (QED) is 0.371. The van der Waals surface area contributed by atoms with Crippen LogP contribution in [0.4, 0.5) is 5.69 Å². The molecule has 0 bridgehead atoms. The summed E-state index contributed by atoms with van der Waals surface area (Å²) in [4.78, 5) is 12.4. The van der Waals surface area contributed by atoms with Crippen molar-refractivity contribution in [2.24, 2.45) is 0 Å². The number of nitrogens with one attached hydrogen (secondary N) is 2. The van der Waals surface area contributed by atoms with Crippen molar-refractivity contribution < 1.29 is 4.79 Å². The number of halogens is 7. The molecule has 0 aromatic heterocycles. The van der Waals surface area contributed by atoms with Gasteiger partial charge in [0.05, 0.1) is 26.3 Å². The van der Waals surface area contributed by atoms with Crippen molar-refractivity contribution in [1.29, 1.82) is 0 Å². The van der Waals surface area contributed by atoms with Gasteiger partial charge in [-0.3, -0.25) is 4.79 Å². The minimum Gasteiger partial charge on any atom is -0.359 e. The van der Waals surface area contributed by atoms with Crippen LogP contribution in [0, 0.1) is 0 Å². The number of carbonyl (C=O) groups excluding carboxylic acids is 1. The lowest BCUT2D eigenvalue weighted by Gasteiger charge is -2.28. The fourth-order valence-corrected chi connectivity index (χ4v) is 3.35. The minimum absolute atomic E-state index is 0.198. The Hall–Kier alpha value is -0.260. The van der Waals surface area contributed by atoms with E-state index in [1.54, 1.807) is 18.2 Å². The monoisotopic (exact) mass is 478 g/mol. The molecule has 25 heavy (non-hydrogen) atoms. The van der Waals surface area contributed by atoms with Crippen LogP contribution in [0.15, 0.2) is 36.4 Å². The summed E-state index contributed by atoms with van der Waals surface area (Å²) in [6, 6.07) is 9.38. The SMILES string of the molecule is O=C(N[C@H](Nc1c(Cl)cc(Cl)cc1Cl)C(Cl)(Cl)Cl)c1ccccc1Cl. The van der Waals surface area contributed by atoms with Crippen LogP contribution in [-0.4, -0.2) is 15.9 Å². The zero-order valence-electron chi connectivity index (χ0n) is 12.1. The maximum atomic E-state index is 12.4. The minimum atomic E-state index is -1.91. The van der Waals surface area contributed by atoms with Crippen molar-refractivity contribution in [3.63, 3.8) is 0 Å². The lowest BCUT2D eigenvalue weighted by molar-refractivity contribution is 0.0942. The molecule has 0 aliphatic rings. The first kappa shape index (κ1) is 21.0. The Labute approximate surface area is 179 Å². The van der Waals surface area contributed by atoms with Gasteiger partial charge in [0.15, 0.2) is 0 Å². The molecule has 0 saturated heterocycles. The normalized spacial score (nSPS) is 12.6. The topological polar surface area (TPSA) is 41.1 Å². The molecule has 0 fully saturated rings. The molecule has 2 N–H and O–H groups in total. The van der Waals surface area contributed by atoms with Gasteiger partial charge in [-0.05, 0) is 24.3 Å². The molecule has 0 radical (unpaired) electrons. The van der Waals surface area contributed by atoms with Crippen LogP contribution < -0.4 is 10.6 Å². The van der Waals surface area contributed by atoms with Crippen LogP contribution in [0.5, 0.6) is 0 Å². The molecule has 10 heteroatoms. The van der Waals surface area contributed by atoms with E-state index in [9.17, 15) is 4.79 Å². The Morgan fingerprint density at radius 2 is 1.48 bits per heavy atom. The van der Waals surface area contributed by atoms with Gasteiger partial charge in [0.1, 0.15) is 6.17 Å². The van der Waals surface area contributed by atoms with Gasteiger partial charge in [-0.2, -0.15) is 0 Å². The molecular formula is C15H9Cl7N2O. The Balaban J connectivity index is 2.30. The second kappa shape index (κ2) is 8.62. The van der Waals surface area contributed by atoms with Crippen molar-refractivity contribution in [3.8, 4) is 0 Å². The predicted octanol–water partition coefficient (Wildman–Crippen LogP) is 6.84. The Morgan fingerprint density at radius 1 is 0.920 bits per heavy atom. The standard InChI is InChI=1S/C15H9Cl7N2O/c16-7-5-10(18)12(11(19)6-7)23-14(15(20,21)22)24-13(25)8-3-1-2-4-9(8)17/h1-6,14,23H,(H,24,25)/t14-/m0/s1. The van der Waals surface area contributed by atoms with E-state index in [1.807, 2.05) is 0 Å². The van der Waals surface area contributed by atoms with E-state index in [0.29, 0.717) is 5.02 Å². The first-order valence-corrected chi connectivity index (χ1v) is 9.27. The van der Waals surface area contributed by atoms with Crippen LogP contribution >= 0.6 is 81.2 Å². The number of hydrogen-bond acceptors (Lipinski definition) is 2. The van der Waals surface area contributed by atoms with Crippen molar-refractivity contribution in [3.05, 3.63) is 62.1 Å². The van der Waals surface area contributed by atoms with Gasteiger partial charge < -0.3 is 10.6 Å². The summed E-state index contributed by atoms with van der Waals surface area (Å²) in [5.41, 5.74) is 0.474. The molecule has 0 saturated carbocycles. The van der Waals surface area contributed by atoms with Gasteiger partial charge in [-0.15, -0.1) is 0 Å². The lowest BCUT2D eigenvalue weighted by Crippen LogP contribution is -2.49. The van der Waals surface area contributed by atoms with Crippen LogP contribution in [-0.2, 0) is 0 Å². The van der Waals surface area contributed by atoms with Gasteiger partial charge in [0, 0.05) is 5.02 Å². The van der Waals surface area contributed by atoms with E-state index in [0.717, 1.165) is 0 Å². The molecule has 134 valence electrons. The summed E-state index contributed by atoms with van der Waals surface area (Å²) in [6.07, 6.45) is -1.16. The van der Waals surface area contributed by atoms with Gasteiger partial charge in [0.2, 0.25) is 3.79 Å². The molecular weight excluding hydrogens is 472 g/mol. The van der Waals surface area contributed by atoms with Crippen LogP contribution in [0.25, 0.3) is 0 Å². The van der Waals surface area contributed by atoms with Gasteiger partial charge in [-0.1, -0.05) is 93.3 Å². The molecule has 2 aromatic carbocycles. The Bertz CT molecular complexity index is 769. The summed E-state index contributed by atoms with van der Waals surface area (Å²) >= 11 is 42.0. The average molecular weight is 481 g/mol. The molecule has 1 amide bonds. The van der Waals surface area contributed by atoms with E-state index in [1.165, 1.54) is 18.2 Å². The fourth-order valence-electron chi connectivity index (χ4n) is 1.88. The molecule has 0 unspecified atom stereocenters. The highest BCUT2D eigenvalue weighted by Gasteiger charge is 2.35. The van der Waals surface area contributed by atoms with Crippen LogP contribution in [0.3, 0.4) is 0 Å². The number of benzene rings is 2. The number of rotatable bonds is 4. The molecule has 1 atom stereocenters. The zero-order chi connectivity index (χ0) is 18.8. The van der Waals surface area contributed by atoms with E-state index in [2.05, 4.69) is 10.6 Å². The molecule has 0 aliphatic heterocycles. The van der Waals surface area contributed by atoms with E-state index < -0.39 is 15.9 Å². The molecule has 0 heterocycles. The van der Waals surface area contributed by atoms with E-state index in [4.69, 9.17) is 81.2 Å². The van der Waals surface area contributed by atoms with Crippen molar-refractivity contribution in [2.75, 3.05) is 5.32 Å². The molecule has 0 aliphatic carbocycles.